The van der Waals surface area contributed by atoms with E-state index in [1.165, 1.54) is 25.5 Å². The molecule has 0 saturated heterocycles. The maximum atomic E-state index is 11.0. The predicted octanol–water partition coefficient (Wildman–Crippen LogP) is 1.52. The Morgan fingerprint density at radius 1 is 1.31 bits per heavy atom. The van der Waals surface area contributed by atoms with Crippen molar-refractivity contribution in [1.82, 2.24) is 4.90 Å². The summed E-state index contributed by atoms with van der Waals surface area (Å²) in [5, 5.41) is 8.03. The molecule has 0 aromatic rings. The molecule has 0 unspecified atom stereocenters. The van der Waals surface area contributed by atoms with Crippen LogP contribution in [0.1, 0.15) is 32.1 Å². The number of nitrogens with zero attached hydrogens (tertiary/aromatic N) is 1. The number of amidine groups is 1. The molecule has 0 atom stereocenters. The van der Waals surface area contributed by atoms with Crippen molar-refractivity contribution >= 4 is 15.7 Å². The number of nitrogens with one attached hydrogen (secondary N) is 1. The summed E-state index contributed by atoms with van der Waals surface area (Å²) in [4.78, 5) is 1.79. The van der Waals surface area contributed by atoms with Crippen molar-refractivity contribution in [3.63, 3.8) is 0 Å². The third-order valence-corrected chi connectivity index (χ3v) is 4.12. The van der Waals surface area contributed by atoms with Gasteiger partial charge in [-0.15, -0.1) is 0 Å². The molecule has 0 bridgehead atoms. The Hall–Kier alpha value is -0.580. The van der Waals surface area contributed by atoms with Crippen LogP contribution in [-0.2, 0) is 9.84 Å². The minimum Gasteiger partial charge on any atom is -0.362 e. The van der Waals surface area contributed by atoms with Gasteiger partial charge in [0.25, 0.3) is 0 Å². The number of sulfone groups is 1. The van der Waals surface area contributed by atoms with Crippen LogP contribution in [0.3, 0.4) is 0 Å². The second kappa shape index (κ2) is 5.66. The molecule has 0 aromatic carbocycles. The van der Waals surface area contributed by atoms with Crippen molar-refractivity contribution in [3.8, 4) is 0 Å². The maximum Gasteiger partial charge on any atom is 0.149 e. The molecule has 1 aliphatic rings. The van der Waals surface area contributed by atoms with Crippen LogP contribution in [0.4, 0.5) is 0 Å². The molecule has 94 valence electrons. The highest BCUT2D eigenvalue weighted by Crippen LogP contribution is 2.25. The molecule has 5 heteroatoms. The Labute approximate surface area is 98.5 Å². The molecule has 1 saturated carbocycles. The average molecular weight is 246 g/mol. The molecule has 0 spiro atoms. The predicted molar refractivity (Wildman–Crippen MR) is 66.6 cm³/mol. The number of hydrogen-bond donors (Lipinski definition) is 1. The summed E-state index contributed by atoms with van der Waals surface area (Å²) in [5.74, 6) is 1.10. The normalized spacial score (nSPS) is 18.4. The van der Waals surface area contributed by atoms with Crippen LogP contribution in [0.25, 0.3) is 0 Å². The maximum absolute atomic E-state index is 11.0. The van der Waals surface area contributed by atoms with Crippen molar-refractivity contribution in [2.45, 2.75) is 32.1 Å². The Bertz CT molecular complexity index is 332. The lowest BCUT2D eigenvalue weighted by atomic mass is 9.88. The van der Waals surface area contributed by atoms with E-state index >= 15 is 0 Å². The Morgan fingerprint density at radius 3 is 2.38 bits per heavy atom. The van der Waals surface area contributed by atoms with Crippen molar-refractivity contribution < 1.29 is 8.42 Å². The van der Waals surface area contributed by atoms with E-state index in [9.17, 15) is 8.42 Å². The van der Waals surface area contributed by atoms with Crippen LogP contribution in [0, 0.1) is 11.3 Å². The fraction of sp³-hybridized carbons (Fsp3) is 0.909. The quantitative estimate of drug-likeness (QED) is 0.604. The largest absolute Gasteiger partial charge is 0.362 e. The van der Waals surface area contributed by atoms with E-state index in [1.807, 2.05) is 7.05 Å². The number of rotatable bonds is 4. The van der Waals surface area contributed by atoms with Gasteiger partial charge in [-0.3, -0.25) is 5.41 Å². The SMILES string of the molecule is CN(CCS(C)(=O)=O)C(=N)C1CCCCC1. The lowest BCUT2D eigenvalue weighted by Gasteiger charge is -2.29. The zero-order valence-corrected chi connectivity index (χ0v) is 11.0. The van der Waals surface area contributed by atoms with Crippen molar-refractivity contribution in [3.05, 3.63) is 0 Å². The van der Waals surface area contributed by atoms with Crippen LogP contribution in [0.15, 0.2) is 0 Å². The molecule has 16 heavy (non-hydrogen) atoms. The second-order valence-corrected chi connectivity index (χ2v) is 7.03. The lowest BCUT2D eigenvalue weighted by Crippen LogP contribution is -2.36. The Balaban J connectivity index is 2.40. The van der Waals surface area contributed by atoms with Gasteiger partial charge in [0.1, 0.15) is 9.84 Å². The van der Waals surface area contributed by atoms with Crippen molar-refractivity contribution in [2.75, 3.05) is 25.6 Å². The van der Waals surface area contributed by atoms with E-state index in [0.29, 0.717) is 18.3 Å². The van der Waals surface area contributed by atoms with Gasteiger partial charge in [-0.25, -0.2) is 8.42 Å². The lowest BCUT2D eigenvalue weighted by molar-refractivity contribution is 0.392. The zero-order valence-electron chi connectivity index (χ0n) is 10.2. The highest BCUT2D eigenvalue weighted by molar-refractivity contribution is 7.90. The highest BCUT2D eigenvalue weighted by Gasteiger charge is 2.21. The van der Waals surface area contributed by atoms with Crippen LogP contribution < -0.4 is 0 Å². The Kier molecular flexibility index (Phi) is 4.77. The van der Waals surface area contributed by atoms with E-state index in [-0.39, 0.29) is 5.75 Å². The van der Waals surface area contributed by atoms with Gasteiger partial charge < -0.3 is 4.90 Å². The smallest absolute Gasteiger partial charge is 0.149 e. The van der Waals surface area contributed by atoms with Gasteiger partial charge in [0.2, 0.25) is 0 Å². The van der Waals surface area contributed by atoms with E-state index in [4.69, 9.17) is 5.41 Å². The summed E-state index contributed by atoms with van der Waals surface area (Å²) >= 11 is 0. The van der Waals surface area contributed by atoms with Gasteiger partial charge in [0.05, 0.1) is 11.6 Å². The third-order valence-electron chi connectivity index (χ3n) is 3.20. The summed E-state index contributed by atoms with van der Waals surface area (Å²) < 4.78 is 22.1. The van der Waals surface area contributed by atoms with E-state index in [0.717, 1.165) is 12.8 Å². The summed E-state index contributed by atoms with van der Waals surface area (Å²) in [6.45, 7) is 0.439. The van der Waals surface area contributed by atoms with Gasteiger partial charge in [0, 0.05) is 25.8 Å². The standard InChI is InChI=1S/C11H22N2O2S/c1-13(8-9-16(2,14)15)11(12)10-6-4-3-5-7-10/h10,12H,3-9H2,1-2H3. The fourth-order valence-electron chi connectivity index (χ4n) is 2.11. The highest BCUT2D eigenvalue weighted by atomic mass is 32.2. The topological polar surface area (TPSA) is 61.2 Å². The van der Waals surface area contributed by atoms with Gasteiger partial charge in [-0.1, -0.05) is 19.3 Å². The first-order valence-electron chi connectivity index (χ1n) is 5.87. The van der Waals surface area contributed by atoms with E-state index in [1.54, 1.807) is 4.90 Å². The monoisotopic (exact) mass is 246 g/mol. The molecular weight excluding hydrogens is 224 g/mol. The zero-order chi connectivity index (χ0) is 12.2. The van der Waals surface area contributed by atoms with Gasteiger partial charge in [-0.05, 0) is 12.8 Å². The molecule has 0 aliphatic heterocycles. The van der Waals surface area contributed by atoms with Crippen LogP contribution in [0.5, 0.6) is 0 Å². The summed E-state index contributed by atoms with van der Waals surface area (Å²) in [6, 6.07) is 0. The first-order chi connectivity index (χ1) is 7.40. The van der Waals surface area contributed by atoms with Crippen molar-refractivity contribution in [1.29, 1.82) is 5.41 Å². The fourth-order valence-corrected chi connectivity index (χ4v) is 2.72. The van der Waals surface area contributed by atoms with Gasteiger partial charge in [0.15, 0.2) is 0 Å². The molecule has 0 amide bonds. The first-order valence-corrected chi connectivity index (χ1v) is 7.93. The van der Waals surface area contributed by atoms with Crippen LogP contribution in [-0.4, -0.2) is 44.8 Å². The average Bonchev–Trinajstić information content (AvgIpc) is 2.25. The van der Waals surface area contributed by atoms with Crippen LogP contribution in [0.2, 0.25) is 0 Å². The first kappa shape index (κ1) is 13.5. The van der Waals surface area contributed by atoms with Gasteiger partial charge >= 0.3 is 0 Å². The molecule has 1 fully saturated rings. The molecule has 1 aliphatic carbocycles. The molecule has 0 radical (unpaired) electrons. The summed E-state index contributed by atoms with van der Waals surface area (Å²) in [5.41, 5.74) is 0. The Morgan fingerprint density at radius 2 is 1.88 bits per heavy atom. The number of hydrogen-bond acceptors (Lipinski definition) is 3. The molecule has 1 N–H and O–H groups in total. The molecule has 0 heterocycles. The summed E-state index contributed by atoms with van der Waals surface area (Å²) in [6.07, 6.45) is 7.09. The summed E-state index contributed by atoms with van der Waals surface area (Å²) in [7, 11) is -1.10. The van der Waals surface area contributed by atoms with Gasteiger partial charge in [-0.2, -0.15) is 0 Å². The third kappa shape index (κ3) is 4.51. The van der Waals surface area contributed by atoms with E-state index < -0.39 is 9.84 Å². The molecule has 4 nitrogen and oxygen atoms in total. The minimum atomic E-state index is -2.92. The molecular formula is C11H22N2O2S. The molecule has 0 aromatic heterocycles. The van der Waals surface area contributed by atoms with Crippen LogP contribution >= 0.6 is 0 Å². The molecule has 1 rings (SSSR count). The van der Waals surface area contributed by atoms with E-state index in [2.05, 4.69) is 0 Å². The minimum absolute atomic E-state index is 0.137. The van der Waals surface area contributed by atoms with Crippen molar-refractivity contribution in [2.24, 2.45) is 5.92 Å². The second-order valence-electron chi connectivity index (χ2n) is 4.77.